The molecule has 2 N–H and O–H groups in total. The third kappa shape index (κ3) is 3.57. The monoisotopic (exact) mass is 378 g/mol. The summed E-state index contributed by atoms with van der Waals surface area (Å²) >= 11 is 1.76. The lowest BCUT2D eigenvalue weighted by Gasteiger charge is -2.16. The second kappa shape index (κ2) is 7.48. The Kier molecular flexibility index (Phi) is 4.90. The molecule has 0 bridgehead atoms. The molecular formula is C21H22N4OS. The molecule has 0 fully saturated rings. The number of nitrogens with one attached hydrogen (secondary N) is 2. The molecule has 27 heavy (non-hydrogen) atoms. The van der Waals surface area contributed by atoms with E-state index in [0.29, 0.717) is 5.56 Å². The highest BCUT2D eigenvalue weighted by molar-refractivity contribution is 7.98. The van der Waals surface area contributed by atoms with Gasteiger partial charge in [-0.3, -0.25) is 4.79 Å². The van der Waals surface area contributed by atoms with Gasteiger partial charge in [-0.1, -0.05) is 12.1 Å². The van der Waals surface area contributed by atoms with Crippen LogP contribution in [-0.2, 0) is 7.05 Å². The first kappa shape index (κ1) is 17.7. The fourth-order valence-electron chi connectivity index (χ4n) is 3.31. The molecule has 1 amide bonds. The van der Waals surface area contributed by atoms with Crippen LogP contribution in [0.1, 0.15) is 28.6 Å². The molecule has 0 aliphatic carbocycles. The molecule has 0 saturated heterocycles. The molecule has 0 spiro atoms. The van der Waals surface area contributed by atoms with Gasteiger partial charge in [0.05, 0.1) is 17.1 Å². The van der Waals surface area contributed by atoms with Crippen LogP contribution in [0.4, 0.5) is 0 Å². The van der Waals surface area contributed by atoms with Gasteiger partial charge in [0.25, 0.3) is 5.91 Å². The Morgan fingerprint density at radius 3 is 2.93 bits per heavy atom. The van der Waals surface area contributed by atoms with Gasteiger partial charge in [0, 0.05) is 29.7 Å². The van der Waals surface area contributed by atoms with Gasteiger partial charge in [0.2, 0.25) is 0 Å². The number of fused-ring (bicyclic) bond motifs is 2. The summed E-state index contributed by atoms with van der Waals surface area (Å²) in [5.41, 5.74) is 3.69. The van der Waals surface area contributed by atoms with E-state index in [9.17, 15) is 4.79 Å². The number of rotatable bonds is 6. The molecule has 2 heterocycles. The molecule has 4 rings (SSSR count). The highest BCUT2D eigenvalue weighted by Crippen LogP contribution is 2.22. The zero-order chi connectivity index (χ0) is 18.8. The highest BCUT2D eigenvalue weighted by atomic mass is 32.2. The summed E-state index contributed by atoms with van der Waals surface area (Å²) in [4.78, 5) is 20.9. The van der Waals surface area contributed by atoms with Gasteiger partial charge in [0.15, 0.2) is 0 Å². The fourth-order valence-corrected chi connectivity index (χ4v) is 3.79. The zero-order valence-electron chi connectivity index (χ0n) is 15.4. The van der Waals surface area contributed by atoms with E-state index in [1.54, 1.807) is 11.8 Å². The van der Waals surface area contributed by atoms with Crippen LogP contribution in [0, 0.1) is 0 Å². The number of thioether (sulfide) groups is 1. The number of carbonyl (C=O) groups excluding carboxylic acids is 1. The summed E-state index contributed by atoms with van der Waals surface area (Å²) in [6.45, 7) is 0. The van der Waals surface area contributed by atoms with E-state index in [2.05, 4.69) is 21.5 Å². The lowest BCUT2D eigenvalue weighted by Crippen LogP contribution is -2.29. The number of nitrogens with zero attached hydrogens (tertiary/aromatic N) is 2. The minimum atomic E-state index is -0.149. The van der Waals surface area contributed by atoms with E-state index in [1.807, 2.05) is 66.3 Å². The SMILES string of the molecule is CSCC[C@@H](NC(=O)c1ccc2c(ccn2C)c1)c1nc2ccccc2[nH]1. The predicted molar refractivity (Wildman–Crippen MR) is 112 cm³/mol. The summed E-state index contributed by atoms with van der Waals surface area (Å²) in [6.07, 6.45) is 4.89. The minimum Gasteiger partial charge on any atom is -0.351 e. The molecule has 2 aromatic heterocycles. The fraction of sp³-hybridized carbons (Fsp3) is 0.238. The number of carbonyl (C=O) groups is 1. The van der Waals surface area contributed by atoms with Gasteiger partial charge >= 0.3 is 0 Å². The Balaban J connectivity index is 1.60. The first-order valence-corrected chi connectivity index (χ1v) is 10.3. The van der Waals surface area contributed by atoms with Crippen molar-refractivity contribution in [3.63, 3.8) is 0 Å². The van der Waals surface area contributed by atoms with E-state index in [4.69, 9.17) is 0 Å². The van der Waals surface area contributed by atoms with E-state index in [1.165, 1.54) is 0 Å². The van der Waals surface area contributed by atoms with Gasteiger partial charge in [0.1, 0.15) is 5.82 Å². The Bertz CT molecular complexity index is 1060. The van der Waals surface area contributed by atoms with Crippen LogP contribution in [0.15, 0.2) is 54.7 Å². The molecule has 138 valence electrons. The number of H-pyrrole nitrogens is 1. The summed E-state index contributed by atoms with van der Waals surface area (Å²) in [5, 5.41) is 4.23. The molecule has 4 aromatic rings. The van der Waals surface area contributed by atoms with Crippen LogP contribution < -0.4 is 5.32 Å². The summed E-state index contributed by atoms with van der Waals surface area (Å²) in [6, 6.07) is 15.6. The summed E-state index contributed by atoms with van der Waals surface area (Å²) in [7, 11) is 2.00. The topological polar surface area (TPSA) is 62.7 Å². The molecule has 5 nitrogen and oxygen atoms in total. The van der Waals surface area contributed by atoms with Crippen LogP contribution in [-0.4, -0.2) is 32.5 Å². The third-order valence-electron chi connectivity index (χ3n) is 4.80. The first-order chi connectivity index (χ1) is 13.2. The zero-order valence-corrected chi connectivity index (χ0v) is 16.2. The van der Waals surface area contributed by atoms with Crippen molar-refractivity contribution in [2.75, 3.05) is 12.0 Å². The van der Waals surface area contributed by atoms with Gasteiger partial charge in [-0.05, 0) is 54.8 Å². The van der Waals surface area contributed by atoms with Crippen LogP contribution in [0.5, 0.6) is 0 Å². The normalized spacial score (nSPS) is 12.5. The number of benzene rings is 2. The number of imidazole rings is 1. The Hall–Kier alpha value is -2.73. The number of para-hydroxylation sites is 2. The van der Waals surface area contributed by atoms with Crippen LogP contribution in [0.2, 0.25) is 0 Å². The second-order valence-corrected chi connectivity index (χ2v) is 7.63. The molecule has 0 radical (unpaired) electrons. The minimum absolute atomic E-state index is 0.0766. The molecule has 0 unspecified atom stereocenters. The smallest absolute Gasteiger partial charge is 0.251 e. The predicted octanol–water partition coefficient (Wildman–Crippen LogP) is 4.28. The number of aryl methyl sites for hydroxylation is 1. The quantitative estimate of drug-likeness (QED) is 0.526. The maximum absolute atomic E-state index is 12.9. The summed E-state index contributed by atoms with van der Waals surface area (Å²) in [5.74, 6) is 1.67. The molecular weight excluding hydrogens is 356 g/mol. The average molecular weight is 379 g/mol. The van der Waals surface area contributed by atoms with E-state index < -0.39 is 0 Å². The van der Waals surface area contributed by atoms with Crippen LogP contribution in [0.25, 0.3) is 21.9 Å². The molecule has 0 aliphatic rings. The van der Waals surface area contributed by atoms with Crippen molar-refractivity contribution in [2.45, 2.75) is 12.5 Å². The van der Waals surface area contributed by atoms with Crippen molar-refractivity contribution in [1.82, 2.24) is 19.9 Å². The molecule has 0 aliphatic heterocycles. The standard InChI is InChI=1S/C21H22N4OS/c1-25-11-9-14-13-15(7-8-19(14)25)21(26)24-18(10-12-27-2)20-22-16-5-3-4-6-17(16)23-20/h3-9,11,13,18H,10,12H2,1-2H3,(H,22,23)(H,24,26)/t18-/m1/s1. The maximum atomic E-state index is 12.9. The number of hydrogen-bond acceptors (Lipinski definition) is 3. The van der Waals surface area contributed by atoms with E-state index in [0.717, 1.165) is 39.9 Å². The lowest BCUT2D eigenvalue weighted by molar-refractivity contribution is 0.0934. The van der Waals surface area contributed by atoms with Crippen molar-refractivity contribution < 1.29 is 4.79 Å². The number of aromatic amines is 1. The molecule has 2 aromatic carbocycles. The molecule has 0 saturated carbocycles. The largest absolute Gasteiger partial charge is 0.351 e. The average Bonchev–Trinajstić information content (AvgIpc) is 3.28. The third-order valence-corrected chi connectivity index (χ3v) is 5.45. The van der Waals surface area contributed by atoms with Gasteiger partial charge < -0.3 is 14.9 Å². The van der Waals surface area contributed by atoms with Gasteiger partial charge in [-0.15, -0.1) is 0 Å². The van der Waals surface area contributed by atoms with Gasteiger partial charge in [-0.25, -0.2) is 4.98 Å². The Labute approximate surface area is 162 Å². The van der Waals surface area contributed by atoms with Gasteiger partial charge in [-0.2, -0.15) is 11.8 Å². The molecule has 6 heteroatoms. The van der Waals surface area contributed by atoms with E-state index >= 15 is 0 Å². The maximum Gasteiger partial charge on any atom is 0.251 e. The van der Waals surface area contributed by atoms with Crippen molar-refractivity contribution in [1.29, 1.82) is 0 Å². The van der Waals surface area contributed by atoms with Crippen LogP contribution >= 0.6 is 11.8 Å². The van der Waals surface area contributed by atoms with Crippen molar-refractivity contribution in [2.24, 2.45) is 7.05 Å². The Morgan fingerprint density at radius 2 is 2.11 bits per heavy atom. The number of amides is 1. The summed E-state index contributed by atoms with van der Waals surface area (Å²) < 4.78 is 2.05. The number of aromatic nitrogens is 3. The van der Waals surface area contributed by atoms with E-state index in [-0.39, 0.29) is 11.9 Å². The Morgan fingerprint density at radius 1 is 1.26 bits per heavy atom. The van der Waals surface area contributed by atoms with Crippen molar-refractivity contribution in [3.05, 3.63) is 66.1 Å². The van der Waals surface area contributed by atoms with Crippen molar-refractivity contribution >= 4 is 39.6 Å². The first-order valence-electron chi connectivity index (χ1n) is 8.95. The van der Waals surface area contributed by atoms with Crippen molar-refractivity contribution in [3.8, 4) is 0 Å². The lowest BCUT2D eigenvalue weighted by atomic mass is 10.1. The second-order valence-electron chi connectivity index (χ2n) is 6.65. The number of hydrogen-bond donors (Lipinski definition) is 2. The van der Waals surface area contributed by atoms with Crippen LogP contribution in [0.3, 0.4) is 0 Å². The highest BCUT2D eigenvalue weighted by Gasteiger charge is 2.19. The molecule has 1 atom stereocenters.